The molecular formula is C15H14Cl2N2O4S. The van der Waals surface area contributed by atoms with Gasteiger partial charge in [0.05, 0.1) is 11.3 Å². The molecule has 0 fully saturated rings. The van der Waals surface area contributed by atoms with Crippen molar-refractivity contribution in [3.8, 4) is 0 Å². The van der Waals surface area contributed by atoms with E-state index < -0.39 is 16.0 Å². The second-order valence-corrected chi connectivity index (χ2v) is 7.35. The second-order valence-electron chi connectivity index (χ2n) is 4.76. The van der Waals surface area contributed by atoms with Crippen LogP contribution in [0.4, 0.5) is 0 Å². The van der Waals surface area contributed by atoms with Gasteiger partial charge < -0.3 is 4.74 Å². The fourth-order valence-corrected chi connectivity index (χ4v) is 3.18. The molecule has 0 amide bonds. The first-order chi connectivity index (χ1) is 11.4. The van der Waals surface area contributed by atoms with E-state index in [1.165, 1.54) is 24.4 Å². The van der Waals surface area contributed by atoms with Gasteiger partial charge in [-0.05, 0) is 24.3 Å². The van der Waals surface area contributed by atoms with Crippen molar-refractivity contribution in [2.75, 3.05) is 6.54 Å². The number of sulfonamides is 1. The lowest BCUT2D eigenvalue weighted by Crippen LogP contribution is -2.26. The van der Waals surface area contributed by atoms with Crippen LogP contribution in [0.3, 0.4) is 0 Å². The minimum atomic E-state index is -3.72. The summed E-state index contributed by atoms with van der Waals surface area (Å²) in [7, 11) is -3.72. The molecule has 0 saturated carbocycles. The van der Waals surface area contributed by atoms with Crippen LogP contribution >= 0.6 is 23.2 Å². The molecule has 1 aromatic carbocycles. The van der Waals surface area contributed by atoms with Gasteiger partial charge in [-0.2, -0.15) is 0 Å². The molecule has 2 aromatic rings. The van der Waals surface area contributed by atoms with Crippen LogP contribution in [0.2, 0.25) is 10.2 Å². The lowest BCUT2D eigenvalue weighted by molar-refractivity contribution is -0.144. The minimum absolute atomic E-state index is 0.0376. The average molecular weight is 389 g/mol. The van der Waals surface area contributed by atoms with Crippen LogP contribution in [0.5, 0.6) is 0 Å². The molecule has 0 unspecified atom stereocenters. The van der Waals surface area contributed by atoms with Crippen molar-refractivity contribution in [3.05, 3.63) is 58.3 Å². The van der Waals surface area contributed by atoms with Gasteiger partial charge in [-0.1, -0.05) is 35.3 Å². The molecular weight excluding hydrogens is 375 g/mol. The number of hydrogen-bond acceptors (Lipinski definition) is 5. The van der Waals surface area contributed by atoms with Gasteiger partial charge in [-0.3, -0.25) is 4.79 Å². The monoisotopic (exact) mass is 388 g/mol. The highest BCUT2D eigenvalue weighted by atomic mass is 35.5. The lowest BCUT2D eigenvalue weighted by atomic mass is 10.3. The number of carbonyl (C=O) groups excluding carboxylic acids is 1. The fourth-order valence-electron chi connectivity index (χ4n) is 1.73. The molecule has 9 heteroatoms. The van der Waals surface area contributed by atoms with Crippen molar-refractivity contribution in [2.45, 2.75) is 17.9 Å². The second kappa shape index (κ2) is 8.43. The summed E-state index contributed by atoms with van der Waals surface area (Å²) in [6, 6.07) is 9.12. The summed E-state index contributed by atoms with van der Waals surface area (Å²) < 4.78 is 31.4. The van der Waals surface area contributed by atoms with Crippen LogP contribution in [0.15, 0.2) is 47.5 Å². The standard InChI is InChI=1S/C15H14Cl2N2O4S/c16-12-2-1-3-13(8-12)24(21,22)19-7-6-15(20)23-10-11-4-5-14(17)18-9-11/h1-5,8-9,19H,6-7,10H2. The zero-order chi connectivity index (χ0) is 17.6. The Morgan fingerprint density at radius 3 is 2.67 bits per heavy atom. The Morgan fingerprint density at radius 2 is 2.00 bits per heavy atom. The predicted molar refractivity (Wildman–Crippen MR) is 90.3 cm³/mol. The molecule has 0 spiro atoms. The Bertz CT molecular complexity index is 810. The zero-order valence-corrected chi connectivity index (χ0v) is 14.7. The summed E-state index contributed by atoms with van der Waals surface area (Å²) in [5.74, 6) is -0.529. The molecule has 24 heavy (non-hydrogen) atoms. The summed E-state index contributed by atoms with van der Waals surface area (Å²) >= 11 is 11.4. The molecule has 1 heterocycles. The average Bonchev–Trinajstić information content (AvgIpc) is 2.54. The van der Waals surface area contributed by atoms with Gasteiger partial charge >= 0.3 is 5.97 Å². The van der Waals surface area contributed by atoms with E-state index >= 15 is 0 Å². The summed E-state index contributed by atoms with van der Waals surface area (Å²) in [6.07, 6.45) is 1.40. The lowest BCUT2D eigenvalue weighted by Gasteiger charge is -2.07. The molecule has 1 aromatic heterocycles. The van der Waals surface area contributed by atoms with E-state index in [0.717, 1.165) is 0 Å². The molecule has 1 N–H and O–H groups in total. The fraction of sp³-hybridized carbons (Fsp3) is 0.200. The molecule has 0 aliphatic heterocycles. The largest absolute Gasteiger partial charge is 0.461 e. The van der Waals surface area contributed by atoms with Gasteiger partial charge in [0.25, 0.3) is 0 Å². The molecule has 128 valence electrons. The van der Waals surface area contributed by atoms with Crippen LogP contribution in [0, 0.1) is 0 Å². The number of ether oxygens (including phenoxy) is 1. The molecule has 0 saturated heterocycles. The first-order valence-electron chi connectivity index (χ1n) is 6.88. The van der Waals surface area contributed by atoms with E-state index in [1.54, 1.807) is 18.2 Å². The zero-order valence-electron chi connectivity index (χ0n) is 12.4. The van der Waals surface area contributed by atoms with Gasteiger partial charge in [0.2, 0.25) is 10.0 Å². The Balaban J connectivity index is 1.78. The molecule has 2 rings (SSSR count). The van der Waals surface area contributed by atoms with Gasteiger partial charge in [0.15, 0.2) is 0 Å². The number of nitrogens with one attached hydrogen (secondary N) is 1. The van der Waals surface area contributed by atoms with Crippen LogP contribution in [-0.2, 0) is 26.2 Å². The number of rotatable bonds is 7. The third-order valence-corrected chi connectivity index (χ3v) is 4.83. The highest BCUT2D eigenvalue weighted by Gasteiger charge is 2.14. The Kier molecular flexibility index (Phi) is 6.56. The maximum Gasteiger partial charge on any atom is 0.307 e. The Morgan fingerprint density at radius 1 is 1.21 bits per heavy atom. The normalized spacial score (nSPS) is 11.2. The molecule has 0 atom stereocenters. The summed E-state index contributed by atoms with van der Waals surface area (Å²) in [6.45, 7) is -0.0312. The minimum Gasteiger partial charge on any atom is -0.461 e. The van der Waals surface area contributed by atoms with Crippen molar-refractivity contribution in [2.24, 2.45) is 0 Å². The van der Waals surface area contributed by atoms with E-state index in [-0.39, 0.29) is 24.5 Å². The third kappa shape index (κ3) is 5.76. The van der Waals surface area contributed by atoms with Gasteiger partial charge in [-0.25, -0.2) is 18.1 Å². The Hall–Kier alpha value is -1.67. The number of carbonyl (C=O) groups is 1. The van der Waals surface area contributed by atoms with Crippen LogP contribution in [0.1, 0.15) is 12.0 Å². The van der Waals surface area contributed by atoms with Gasteiger partial charge in [0, 0.05) is 23.3 Å². The maximum atomic E-state index is 12.0. The summed E-state index contributed by atoms with van der Waals surface area (Å²) in [4.78, 5) is 15.5. The molecule has 0 aliphatic rings. The van der Waals surface area contributed by atoms with Crippen molar-refractivity contribution in [1.29, 1.82) is 0 Å². The SMILES string of the molecule is O=C(CCNS(=O)(=O)c1cccc(Cl)c1)OCc1ccc(Cl)nc1. The molecule has 0 bridgehead atoms. The highest BCUT2D eigenvalue weighted by molar-refractivity contribution is 7.89. The van der Waals surface area contributed by atoms with E-state index in [2.05, 4.69) is 9.71 Å². The van der Waals surface area contributed by atoms with Gasteiger partial charge in [0.1, 0.15) is 11.8 Å². The van der Waals surface area contributed by atoms with E-state index in [9.17, 15) is 13.2 Å². The van der Waals surface area contributed by atoms with E-state index in [4.69, 9.17) is 27.9 Å². The first kappa shape index (κ1) is 18.7. The number of benzene rings is 1. The number of nitrogens with zero attached hydrogens (tertiary/aromatic N) is 1. The highest BCUT2D eigenvalue weighted by Crippen LogP contribution is 2.15. The van der Waals surface area contributed by atoms with Crippen LogP contribution in [0.25, 0.3) is 0 Å². The van der Waals surface area contributed by atoms with Crippen molar-refractivity contribution < 1.29 is 17.9 Å². The molecule has 0 radical (unpaired) electrons. The number of pyridine rings is 1. The summed E-state index contributed by atoms with van der Waals surface area (Å²) in [5.41, 5.74) is 0.687. The molecule has 6 nitrogen and oxygen atoms in total. The Labute approximate surface area is 149 Å². The molecule has 0 aliphatic carbocycles. The first-order valence-corrected chi connectivity index (χ1v) is 9.12. The number of esters is 1. The van der Waals surface area contributed by atoms with Gasteiger partial charge in [-0.15, -0.1) is 0 Å². The topological polar surface area (TPSA) is 85.4 Å². The number of hydrogen-bond donors (Lipinski definition) is 1. The van der Waals surface area contributed by atoms with Crippen molar-refractivity contribution in [1.82, 2.24) is 9.71 Å². The number of aromatic nitrogens is 1. The number of halogens is 2. The van der Waals surface area contributed by atoms with Crippen molar-refractivity contribution in [3.63, 3.8) is 0 Å². The third-order valence-electron chi connectivity index (χ3n) is 2.92. The predicted octanol–water partition coefficient (Wildman–Crippen LogP) is 2.80. The van der Waals surface area contributed by atoms with E-state index in [0.29, 0.717) is 15.7 Å². The van der Waals surface area contributed by atoms with Crippen molar-refractivity contribution >= 4 is 39.2 Å². The van der Waals surface area contributed by atoms with Crippen LogP contribution in [-0.4, -0.2) is 25.9 Å². The smallest absolute Gasteiger partial charge is 0.307 e. The van der Waals surface area contributed by atoms with E-state index in [1.807, 2.05) is 0 Å². The van der Waals surface area contributed by atoms with Crippen LogP contribution < -0.4 is 4.72 Å². The maximum absolute atomic E-state index is 12.0. The quantitative estimate of drug-likeness (QED) is 0.582. The summed E-state index contributed by atoms with van der Waals surface area (Å²) in [5, 5.41) is 0.661.